The Kier molecular flexibility index (Phi) is 5.22. The third-order valence-electron chi connectivity index (χ3n) is 6.03. The first-order valence-corrected chi connectivity index (χ1v) is 10.3. The second kappa shape index (κ2) is 7.82. The molecule has 2 aliphatic rings. The Balaban J connectivity index is 1.58. The highest BCUT2D eigenvalue weighted by Crippen LogP contribution is 2.41. The van der Waals surface area contributed by atoms with Crippen LogP contribution in [0.4, 0.5) is 5.69 Å². The van der Waals surface area contributed by atoms with E-state index in [0.717, 1.165) is 42.5 Å². The predicted molar refractivity (Wildman–Crippen MR) is 115 cm³/mol. The van der Waals surface area contributed by atoms with Crippen molar-refractivity contribution in [2.75, 3.05) is 11.9 Å². The van der Waals surface area contributed by atoms with Gasteiger partial charge in [0.05, 0.1) is 0 Å². The van der Waals surface area contributed by atoms with E-state index < -0.39 is 5.66 Å². The first kappa shape index (κ1) is 19.4. The highest BCUT2D eigenvalue weighted by Gasteiger charge is 2.49. The lowest BCUT2D eigenvalue weighted by Crippen LogP contribution is -2.51. The van der Waals surface area contributed by atoms with Crippen LogP contribution in [0, 0.1) is 12.8 Å². The lowest BCUT2D eigenvalue weighted by Gasteiger charge is -2.40. The smallest absolute Gasteiger partial charge is 0.275 e. The van der Waals surface area contributed by atoms with Crippen LogP contribution in [0.1, 0.15) is 43.7 Å². The minimum absolute atomic E-state index is 0.0148. The molecule has 0 radical (unpaired) electrons. The van der Waals surface area contributed by atoms with Crippen molar-refractivity contribution in [3.05, 3.63) is 65.7 Å². The van der Waals surface area contributed by atoms with E-state index in [4.69, 9.17) is 4.99 Å². The molecular formula is C24H27N3O2. The SMILES string of the molecule is Cc1ccc(NC(=O)CN2C(=O)C(c3ccccc3)=NC23CCC(C)CC3)cc1. The highest BCUT2D eigenvalue weighted by molar-refractivity contribution is 6.47. The van der Waals surface area contributed by atoms with Crippen LogP contribution < -0.4 is 5.32 Å². The average Bonchev–Trinajstić information content (AvgIpc) is 2.99. The van der Waals surface area contributed by atoms with Crippen LogP contribution in [-0.4, -0.2) is 34.6 Å². The zero-order chi connectivity index (χ0) is 20.4. The largest absolute Gasteiger partial charge is 0.325 e. The summed E-state index contributed by atoms with van der Waals surface area (Å²) in [4.78, 5) is 32.7. The van der Waals surface area contributed by atoms with Crippen molar-refractivity contribution in [3.63, 3.8) is 0 Å². The minimum Gasteiger partial charge on any atom is -0.325 e. The number of nitrogens with one attached hydrogen (secondary N) is 1. The fraction of sp³-hybridized carbons (Fsp3) is 0.375. The summed E-state index contributed by atoms with van der Waals surface area (Å²) in [6.07, 6.45) is 3.62. The van der Waals surface area contributed by atoms with Gasteiger partial charge in [0.15, 0.2) is 0 Å². The number of anilines is 1. The van der Waals surface area contributed by atoms with E-state index in [1.54, 1.807) is 4.90 Å². The van der Waals surface area contributed by atoms with Crippen molar-refractivity contribution >= 4 is 23.2 Å². The van der Waals surface area contributed by atoms with Crippen molar-refractivity contribution in [2.45, 2.75) is 45.2 Å². The number of carbonyl (C=O) groups excluding carboxylic acids is 2. The zero-order valence-corrected chi connectivity index (χ0v) is 17.0. The van der Waals surface area contributed by atoms with Gasteiger partial charge in [-0.25, -0.2) is 0 Å². The summed E-state index contributed by atoms with van der Waals surface area (Å²) in [5.41, 5.74) is 2.57. The van der Waals surface area contributed by atoms with Gasteiger partial charge in [-0.3, -0.25) is 14.6 Å². The standard InChI is InChI=1S/C24H27N3O2/c1-17-8-10-20(11-9-17)25-21(28)16-27-23(29)22(19-6-4-3-5-7-19)26-24(27)14-12-18(2)13-15-24/h3-11,18H,12-16H2,1-2H3,(H,25,28). The van der Waals surface area contributed by atoms with E-state index in [-0.39, 0.29) is 18.4 Å². The Labute approximate surface area is 171 Å². The maximum atomic E-state index is 13.3. The van der Waals surface area contributed by atoms with Gasteiger partial charge in [-0.15, -0.1) is 0 Å². The summed E-state index contributed by atoms with van der Waals surface area (Å²) in [7, 11) is 0. The third kappa shape index (κ3) is 3.95. The first-order valence-electron chi connectivity index (χ1n) is 10.3. The maximum absolute atomic E-state index is 13.3. The lowest BCUT2D eigenvalue weighted by atomic mass is 9.82. The van der Waals surface area contributed by atoms with Gasteiger partial charge < -0.3 is 10.2 Å². The number of hydrogen-bond donors (Lipinski definition) is 1. The quantitative estimate of drug-likeness (QED) is 0.853. The molecule has 29 heavy (non-hydrogen) atoms. The Morgan fingerprint density at radius 2 is 1.76 bits per heavy atom. The number of nitrogens with zero attached hydrogens (tertiary/aromatic N) is 2. The molecule has 1 saturated carbocycles. The molecule has 0 bridgehead atoms. The number of aryl methyl sites for hydroxylation is 1. The lowest BCUT2D eigenvalue weighted by molar-refractivity contribution is -0.134. The Bertz CT molecular complexity index is 926. The van der Waals surface area contributed by atoms with Gasteiger partial charge in [-0.2, -0.15) is 0 Å². The number of carbonyl (C=O) groups is 2. The molecule has 2 amide bonds. The van der Waals surface area contributed by atoms with Crippen LogP contribution in [0.3, 0.4) is 0 Å². The molecule has 5 nitrogen and oxygen atoms in total. The topological polar surface area (TPSA) is 61.8 Å². The number of rotatable bonds is 4. The normalized spacial score (nSPS) is 23.9. The molecule has 1 N–H and O–H groups in total. The third-order valence-corrected chi connectivity index (χ3v) is 6.03. The molecule has 1 spiro atoms. The van der Waals surface area contributed by atoms with Gasteiger partial charge in [0.1, 0.15) is 17.9 Å². The van der Waals surface area contributed by atoms with Crippen LogP contribution in [0.25, 0.3) is 0 Å². The Morgan fingerprint density at radius 1 is 1.10 bits per heavy atom. The summed E-state index contributed by atoms with van der Waals surface area (Å²) < 4.78 is 0. The molecule has 0 aromatic heterocycles. The van der Waals surface area contributed by atoms with Crippen molar-refractivity contribution < 1.29 is 9.59 Å². The number of amides is 2. The average molecular weight is 389 g/mol. The molecule has 0 atom stereocenters. The number of hydrogen-bond acceptors (Lipinski definition) is 3. The van der Waals surface area contributed by atoms with E-state index in [1.807, 2.05) is 61.5 Å². The summed E-state index contributed by atoms with van der Waals surface area (Å²) in [5, 5.41) is 2.92. The maximum Gasteiger partial charge on any atom is 0.275 e. The molecule has 1 aliphatic carbocycles. The van der Waals surface area contributed by atoms with E-state index in [2.05, 4.69) is 12.2 Å². The van der Waals surface area contributed by atoms with Crippen molar-refractivity contribution in [1.82, 2.24) is 4.90 Å². The molecule has 1 fully saturated rings. The van der Waals surface area contributed by atoms with Gasteiger partial charge in [-0.1, -0.05) is 55.0 Å². The van der Waals surface area contributed by atoms with Crippen LogP contribution >= 0.6 is 0 Å². The molecule has 4 rings (SSSR count). The van der Waals surface area contributed by atoms with E-state index in [0.29, 0.717) is 11.6 Å². The van der Waals surface area contributed by atoms with E-state index >= 15 is 0 Å². The van der Waals surface area contributed by atoms with Gasteiger partial charge in [-0.05, 0) is 50.7 Å². The molecule has 1 heterocycles. The number of benzene rings is 2. The summed E-state index contributed by atoms with van der Waals surface area (Å²) in [6, 6.07) is 17.2. The van der Waals surface area contributed by atoms with Crippen LogP contribution in [0.2, 0.25) is 0 Å². The van der Waals surface area contributed by atoms with Crippen LogP contribution in [-0.2, 0) is 9.59 Å². The van der Waals surface area contributed by atoms with Crippen molar-refractivity contribution in [1.29, 1.82) is 0 Å². The van der Waals surface area contributed by atoms with Gasteiger partial charge >= 0.3 is 0 Å². The van der Waals surface area contributed by atoms with Crippen molar-refractivity contribution in [3.8, 4) is 0 Å². The molecule has 150 valence electrons. The molecule has 1 aliphatic heterocycles. The van der Waals surface area contributed by atoms with Gasteiger partial charge in [0.2, 0.25) is 5.91 Å². The molecule has 2 aromatic carbocycles. The molecule has 2 aromatic rings. The Morgan fingerprint density at radius 3 is 2.41 bits per heavy atom. The summed E-state index contributed by atoms with van der Waals surface area (Å²) >= 11 is 0. The fourth-order valence-electron chi connectivity index (χ4n) is 4.22. The van der Waals surface area contributed by atoms with Crippen LogP contribution in [0.15, 0.2) is 59.6 Å². The summed E-state index contributed by atoms with van der Waals surface area (Å²) in [6.45, 7) is 4.26. The predicted octanol–water partition coefficient (Wildman–Crippen LogP) is 4.17. The second-order valence-corrected chi connectivity index (χ2v) is 8.30. The zero-order valence-electron chi connectivity index (χ0n) is 17.0. The number of aliphatic imine (C=N–C) groups is 1. The first-order chi connectivity index (χ1) is 14.0. The monoisotopic (exact) mass is 389 g/mol. The van der Waals surface area contributed by atoms with Crippen molar-refractivity contribution in [2.24, 2.45) is 10.9 Å². The molecular weight excluding hydrogens is 362 g/mol. The van der Waals surface area contributed by atoms with Gasteiger partial charge in [0.25, 0.3) is 5.91 Å². The second-order valence-electron chi connectivity index (χ2n) is 8.30. The summed E-state index contributed by atoms with van der Waals surface area (Å²) in [5.74, 6) is 0.282. The van der Waals surface area contributed by atoms with E-state index in [1.165, 1.54) is 0 Å². The Hall–Kier alpha value is -2.95. The highest BCUT2D eigenvalue weighted by atomic mass is 16.2. The molecule has 0 saturated heterocycles. The van der Waals surface area contributed by atoms with Gasteiger partial charge in [0, 0.05) is 11.3 Å². The molecule has 0 unspecified atom stereocenters. The van der Waals surface area contributed by atoms with Crippen LogP contribution in [0.5, 0.6) is 0 Å². The molecule has 5 heteroatoms. The minimum atomic E-state index is -0.598. The fourth-order valence-corrected chi connectivity index (χ4v) is 4.22. The van der Waals surface area contributed by atoms with E-state index in [9.17, 15) is 9.59 Å².